The Kier molecular flexibility index (Phi) is 6.98. The number of rotatable bonds is 3. The van der Waals surface area contributed by atoms with Crippen molar-refractivity contribution in [3.05, 3.63) is 36.4 Å². The van der Waals surface area contributed by atoms with Crippen molar-refractivity contribution >= 4 is 13.4 Å². The molecule has 0 atom stereocenters. The van der Waals surface area contributed by atoms with E-state index in [4.69, 9.17) is 10.0 Å². The molecule has 0 saturated heterocycles. The van der Waals surface area contributed by atoms with Crippen LogP contribution in [0, 0.1) is 0 Å². The summed E-state index contributed by atoms with van der Waals surface area (Å²) in [5.74, 6) is 0.405. The van der Waals surface area contributed by atoms with Crippen LogP contribution in [-0.2, 0) is 0 Å². The molecule has 0 aliphatic heterocycles. The molecule has 3 nitrogen and oxygen atoms in total. The van der Waals surface area contributed by atoms with Gasteiger partial charge in [0.2, 0.25) is 0 Å². The first kappa shape index (κ1) is 13.4. The molecule has 0 fully saturated rings. The van der Waals surface area contributed by atoms with Crippen LogP contribution >= 0.6 is 0 Å². The minimum atomic E-state index is -1.77. The van der Waals surface area contributed by atoms with Crippen LogP contribution in [0.4, 0.5) is 0 Å². The van der Waals surface area contributed by atoms with E-state index in [1.807, 2.05) is 6.07 Å². The molecule has 1 aromatic rings. The molecule has 0 radical (unpaired) electrons. The summed E-state index contributed by atoms with van der Waals surface area (Å²) in [4.78, 5) is 0. The summed E-state index contributed by atoms with van der Waals surface area (Å²) in [5.41, 5.74) is 0.869. The topological polar surface area (TPSA) is 49.7 Å². The van der Waals surface area contributed by atoms with Crippen LogP contribution in [0.1, 0.15) is 6.99 Å². The number of hydrogen-bond acceptors (Lipinski definition) is 3. The van der Waals surface area contributed by atoms with Gasteiger partial charge in [0.05, 0.1) is 0 Å². The first-order chi connectivity index (χ1) is 5.72. The van der Waals surface area contributed by atoms with E-state index in [9.17, 15) is 0 Å². The molecule has 0 bridgehead atoms. The van der Waals surface area contributed by atoms with Crippen molar-refractivity contribution < 1.29 is 67.5 Å². The third kappa shape index (κ3) is 4.97. The van der Waals surface area contributed by atoms with Gasteiger partial charge in [-0.15, -0.1) is 0 Å². The van der Waals surface area contributed by atoms with E-state index in [-0.39, 0.29) is 52.8 Å². The summed E-state index contributed by atoms with van der Waals surface area (Å²) >= 11 is 0. The van der Waals surface area contributed by atoms with Gasteiger partial charge in [0.1, 0.15) is 5.75 Å². The van der Waals surface area contributed by atoms with Gasteiger partial charge in [0.15, 0.2) is 0 Å². The van der Waals surface area contributed by atoms with Gasteiger partial charge in [-0.3, -0.25) is 0 Å². The van der Waals surface area contributed by atoms with Crippen molar-refractivity contribution in [2.24, 2.45) is 0 Å². The van der Waals surface area contributed by atoms with E-state index < -0.39 is 7.32 Å². The zero-order valence-electron chi connectivity index (χ0n) is 8.47. The van der Waals surface area contributed by atoms with Crippen molar-refractivity contribution in [2.45, 2.75) is 0 Å². The van der Waals surface area contributed by atoms with Crippen molar-refractivity contribution in [1.29, 1.82) is 0 Å². The monoisotopic (exact) mass is 204 g/mol. The zero-order chi connectivity index (χ0) is 8.97. The van der Waals surface area contributed by atoms with Gasteiger partial charge in [-0.2, -0.15) is 0 Å². The molecule has 2 N–H and O–H groups in total. The normalized spacial score (nSPS) is 8.46. The van der Waals surface area contributed by atoms with Crippen LogP contribution in [0.5, 0.6) is 5.75 Å². The first-order valence-corrected chi connectivity index (χ1v) is 3.47. The van der Waals surface area contributed by atoms with Crippen LogP contribution in [0.15, 0.2) is 30.8 Å². The average molecular weight is 204 g/mol. The van der Waals surface area contributed by atoms with Crippen LogP contribution in [0.3, 0.4) is 0 Å². The third-order valence-electron chi connectivity index (χ3n) is 1.34. The van der Waals surface area contributed by atoms with E-state index in [0.29, 0.717) is 5.75 Å². The SMILES string of the molecule is C=Cc1cccc(OB(O)O)c1.[H-].[K+]. The number of hydrogen-bond donors (Lipinski definition) is 2. The van der Waals surface area contributed by atoms with Crippen molar-refractivity contribution in [2.75, 3.05) is 0 Å². The molecule has 1 rings (SSSR count). The molecule has 0 unspecified atom stereocenters. The van der Waals surface area contributed by atoms with Gasteiger partial charge in [-0.05, 0) is 17.7 Å². The Morgan fingerprint density at radius 1 is 1.46 bits per heavy atom. The largest absolute Gasteiger partial charge is 1.00 e. The van der Waals surface area contributed by atoms with E-state index in [1.165, 1.54) is 0 Å². The minimum absolute atomic E-state index is 0. The first-order valence-electron chi connectivity index (χ1n) is 3.47. The molecule has 1 aromatic carbocycles. The maximum Gasteiger partial charge on any atom is 1.00 e. The summed E-state index contributed by atoms with van der Waals surface area (Å²) in [6, 6.07) is 6.87. The smallest absolute Gasteiger partial charge is 1.00 e. The molecule has 0 heterocycles. The Morgan fingerprint density at radius 2 is 2.15 bits per heavy atom. The van der Waals surface area contributed by atoms with Gasteiger partial charge in [0.25, 0.3) is 0 Å². The standard InChI is InChI=1S/C8H9BO3.K.H/c1-2-7-4-3-5-8(6-7)12-9(10)11;;/h2-6,10-11H,1H2;;/q;+1;-1. The Morgan fingerprint density at radius 3 is 2.69 bits per heavy atom. The van der Waals surface area contributed by atoms with Crippen LogP contribution < -0.4 is 56.0 Å². The van der Waals surface area contributed by atoms with Crippen LogP contribution in [0.2, 0.25) is 0 Å². The molecule has 5 heteroatoms. The minimum Gasteiger partial charge on any atom is -1.00 e. The second-order valence-corrected chi connectivity index (χ2v) is 2.22. The molecular weight excluding hydrogens is 194 g/mol. The molecule has 0 aliphatic carbocycles. The van der Waals surface area contributed by atoms with E-state index in [0.717, 1.165) is 5.56 Å². The average Bonchev–Trinajstić information content (AvgIpc) is 2.03. The van der Waals surface area contributed by atoms with Gasteiger partial charge in [0, 0.05) is 0 Å². The van der Waals surface area contributed by atoms with Crippen LogP contribution in [0.25, 0.3) is 6.08 Å². The summed E-state index contributed by atoms with van der Waals surface area (Å²) in [6.07, 6.45) is 1.65. The fourth-order valence-corrected chi connectivity index (χ4v) is 0.837. The predicted octanol–water partition coefficient (Wildman–Crippen LogP) is -2.21. The summed E-state index contributed by atoms with van der Waals surface area (Å²) < 4.78 is 4.62. The molecule has 0 aromatic heterocycles. The Bertz CT molecular complexity index is 283. The second-order valence-electron chi connectivity index (χ2n) is 2.22. The van der Waals surface area contributed by atoms with E-state index in [2.05, 4.69) is 11.2 Å². The number of benzene rings is 1. The summed E-state index contributed by atoms with van der Waals surface area (Å²) in [6.45, 7) is 3.57. The zero-order valence-corrected chi connectivity index (χ0v) is 10.6. The molecule has 0 amide bonds. The quantitative estimate of drug-likeness (QED) is 0.549. The van der Waals surface area contributed by atoms with Crippen molar-refractivity contribution in [3.8, 4) is 5.75 Å². The molecular formula is C8H10BKO3. The van der Waals surface area contributed by atoms with Gasteiger partial charge < -0.3 is 16.1 Å². The van der Waals surface area contributed by atoms with Gasteiger partial charge >= 0.3 is 58.7 Å². The second kappa shape index (κ2) is 6.78. The maximum absolute atomic E-state index is 8.48. The molecule has 64 valence electrons. The molecule has 0 spiro atoms. The van der Waals surface area contributed by atoms with Crippen molar-refractivity contribution in [3.63, 3.8) is 0 Å². The van der Waals surface area contributed by atoms with Gasteiger partial charge in [-0.25, -0.2) is 0 Å². The summed E-state index contributed by atoms with van der Waals surface area (Å²) in [5, 5.41) is 17.0. The predicted molar refractivity (Wildman–Crippen MR) is 48.5 cm³/mol. The summed E-state index contributed by atoms with van der Waals surface area (Å²) in [7, 11) is -1.77. The third-order valence-corrected chi connectivity index (χ3v) is 1.34. The van der Waals surface area contributed by atoms with E-state index in [1.54, 1.807) is 24.3 Å². The van der Waals surface area contributed by atoms with E-state index >= 15 is 0 Å². The Hall–Kier alpha value is 0.381. The fraction of sp³-hybridized carbons (Fsp3) is 0. The van der Waals surface area contributed by atoms with Gasteiger partial charge in [-0.1, -0.05) is 24.8 Å². The van der Waals surface area contributed by atoms with Crippen LogP contribution in [-0.4, -0.2) is 17.4 Å². The Balaban J connectivity index is 0. The molecule has 0 saturated carbocycles. The molecule has 13 heavy (non-hydrogen) atoms. The molecule has 0 aliphatic rings. The maximum atomic E-state index is 8.48. The Labute approximate surface area is 122 Å². The fourth-order valence-electron chi connectivity index (χ4n) is 0.837. The van der Waals surface area contributed by atoms with Crippen molar-refractivity contribution in [1.82, 2.24) is 0 Å².